The lowest BCUT2D eigenvalue weighted by atomic mass is 10.1. The molecule has 2 fully saturated rings. The molecule has 2 aliphatic heterocycles. The van der Waals surface area contributed by atoms with Gasteiger partial charge in [-0.2, -0.15) is 0 Å². The molecule has 3 N–H and O–H groups in total. The number of nitrogens with zero attached hydrogens (tertiary/aromatic N) is 4. The minimum Gasteiger partial charge on any atom is -0.491 e. The second-order valence-electron chi connectivity index (χ2n) is 13.0. The number of hydrogen-bond acceptors (Lipinski definition) is 13. The molecule has 0 aromatic carbocycles. The number of carboxylic acid groups (broad SMARTS) is 2. The van der Waals surface area contributed by atoms with Crippen LogP contribution in [0.3, 0.4) is 0 Å². The highest BCUT2D eigenvalue weighted by Crippen LogP contribution is 2.36. The SMILES string of the molecule is CCN(CCOCCOc1cc(C(=O)O)nc(C(=O)O)c1)CCN(CC)CCN(CC)CC(O)COCCC[Si]12OC(C)CC(CC(C)O1)O2. The summed E-state index contributed by atoms with van der Waals surface area (Å²) in [6, 6.07) is 3.12. The molecule has 0 aliphatic carbocycles. The average Bonchev–Trinajstić information content (AvgIpc) is 3.06. The number of aliphatic hydroxyl groups is 1. The second-order valence-corrected chi connectivity index (χ2v) is 15.6. The number of likely N-dealkylation sites (N-methyl/N-ethyl adjacent to an activating group) is 3. The Morgan fingerprint density at radius 3 is 1.94 bits per heavy atom. The first-order chi connectivity index (χ1) is 23.9. The highest BCUT2D eigenvalue weighted by Gasteiger charge is 2.52. The van der Waals surface area contributed by atoms with Crippen molar-refractivity contribution >= 4 is 20.7 Å². The maximum Gasteiger partial charge on any atom is 0.501 e. The van der Waals surface area contributed by atoms with Crippen LogP contribution in [0.5, 0.6) is 5.75 Å². The van der Waals surface area contributed by atoms with Crippen LogP contribution in [0.2, 0.25) is 6.04 Å². The maximum absolute atomic E-state index is 11.2. The van der Waals surface area contributed by atoms with Crippen LogP contribution in [-0.4, -0.2) is 172 Å². The third kappa shape index (κ3) is 14.8. The van der Waals surface area contributed by atoms with Gasteiger partial charge in [0, 0.05) is 76.3 Å². The van der Waals surface area contributed by atoms with E-state index in [1.807, 2.05) is 0 Å². The Bertz CT molecular complexity index is 1120. The Morgan fingerprint density at radius 1 is 0.820 bits per heavy atom. The van der Waals surface area contributed by atoms with E-state index in [4.69, 9.17) is 37.7 Å². The molecule has 3 atom stereocenters. The van der Waals surface area contributed by atoms with Gasteiger partial charge in [0.05, 0.1) is 32.0 Å². The highest BCUT2D eigenvalue weighted by atomic mass is 28.4. The number of aromatic carboxylic acids is 2. The molecule has 0 radical (unpaired) electrons. The number of pyridine rings is 1. The number of fused-ring (bicyclic) bond motifs is 2. The van der Waals surface area contributed by atoms with Crippen LogP contribution in [0.15, 0.2) is 12.1 Å². The van der Waals surface area contributed by atoms with Gasteiger partial charge in [0.1, 0.15) is 12.4 Å². The molecule has 3 rings (SSSR count). The number of carbonyl (C=O) groups is 2. The number of hydrogen-bond donors (Lipinski definition) is 3. The normalized spacial score (nSPS) is 22.7. The largest absolute Gasteiger partial charge is 0.501 e. The number of aromatic nitrogens is 1. The van der Waals surface area contributed by atoms with Crippen LogP contribution in [0.4, 0.5) is 0 Å². The first-order valence-corrected chi connectivity index (χ1v) is 20.0. The molecule has 0 saturated carbocycles. The molecule has 1 aromatic rings. The third-order valence-corrected chi connectivity index (χ3v) is 12.1. The van der Waals surface area contributed by atoms with Crippen molar-refractivity contribution in [1.82, 2.24) is 19.7 Å². The van der Waals surface area contributed by atoms with Crippen LogP contribution < -0.4 is 4.74 Å². The van der Waals surface area contributed by atoms with E-state index >= 15 is 0 Å². The minimum atomic E-state index is -2.64. The number of rotatable bonds is 26. The highest BCUT2D eigenvalue weighted by molar-refractivity contribution is 6.61. The summed E-state index contributed by atoms with van der Waals surface area (Å²) in [7, 11) is -2.64. The van der Waals surface area contributed by atoms with Crippen molar-refractivity contribution in [2.24, 2.45) is 0 Å². The fourth-order valence-electron chi connectivity index (χ4n) is 6.24. The van der Waals surface area contributed by atoms with Gasteiger partial charge >= 0.3 is 20.7 Å². The van der Waals surface area contributed by atoms with Crippen molar-refractivity contribution in [3.05, 3.63) is 23.5 Å². The Balaban J connectivity index is 1.26. The van der Waals surface area contributed by atoms with E-state index < -0.39 is 38.2 Å². The second kappa shape index (κ2) is 22.0. The predicted molar refractivity (Wildman–Crippen MR) is 188 cm³/mol. The standard InChI is InChI=1S/C34H60N4O11Si/c1-6-36(10-11-37(7-2)14-16-44-17-18-46-29-22-31(33(40)41)35-32(23-29)34(42)43)12-13-38(8-3)24-28(39)25-45-15-9-19-50-47-26(4)20-30(49-50)21-27(5)48-50/h22-23,26-28,30,39H,6-21,24-25H2,1-5H3,(H,40,41)(H,42,43). The lowest BCUT2D eigenvalue weighted by Crippen LogP contribution is -2.60. The van der Waals surface area contributed by atoms with Crippen LogP contribution in [0, 0.1) is 0 Å². The Morgan fingerprint density at radius 2 is 1.38 bits per heavy atom. The van der Waals surface area contributed by atoms with Gasteiger partial charge in [-0.1, -0.05) is 20.8 Å². The summed E-state index contributed by atoms with van der Waals surface area (Å²) in [6.07, 6.45) is 2.65. The summed E-state index contributed by atoms with van der Waals surface area (Å²) in [5, 5.41) is 29.0. The van der Waals surface area contributed by atoms with E-state index in [-0.39, 0.29) is 37.3 Å². The Kier molecular flexibility index (Phi) is 18.5. The molecule has 0 amide bonds. The van der Waals surface area contributed by atoms with Crippen LogP contribution in [0.25, 0.3) is 0 Å². The molecular formula is C34H60N4O11Si. The van der Waals surface area contributed by atoms with E-state index in [1.165, 1.54) is 12.1 Å². The van der Waals surface area contributed by atoms with Crippen molar-refractivity contribution in [2.45, 2.75) is 84.3 Å². The third-order valence-electron chi connectivity index (χ3n) is 8.94. The first-order valence-electron chi connectivity index (χ1n) is 18.1. The quantitative estimate of drug-likeness (QED) is 0.0938. The molecule has 0 spiro atoms. The van der Waals surface area contributed by atoms with Crippen molar-refractivity contribution in [1.29, 1.82) is 0 Å². The summed E-state index contributed by atoms with van der Waals surface area (Å²) in [5.41, 5.74) is -0.783. The molecule has 2 bridgehead atoms. The van der Waals surface area contributed by atoms with Gasteiger partial charge in [-0.15, -0.1) is 0 Å². The molecule has 2 saturated heterocycles. The fraction of sp³-hybridized carbons (Fsp3) is 0.794. The maximum atomic E-state index is 11.2. The molecule has 2 aliphatic rings. The molecular weight excluding hydrogens is 668 g/mol. The van der Waals surface area contributed by atoms with Crippen LogP contribution in [0.1, 0.15) is 74.9 Å². The lowest BCUT2D eigenvalue weighted by molar-refractivity contribution is -0.111. The van der Waals surface area contributed by atoms with Crippen LogP contribution >= 0.6 is 0 Å². The molecule has 1 aromatic heterocycles. The van der Waals surface area contributed by atoms with E-state index in [0.29, 0.717) is 26.4 Å². The van der Waals surface area contributed by atoms with E-state index in [2.05, 4.69) is 54.3 Å². The summed E-state index contributed by atoms with van der Waals surface area (Å²) >= 11 is 0. The van der Waals surface area contributed by atoms with Gasteiger partial charge in [0.25, 0.3) is 0 Å². The molecule has 3 heterocycles. The van der Waals surface area contributed by atoms with Crippen molar-refractivity contribution in [2.75, 3.05) is 91.9 Å². The molecule has 15 nitrogen and oxygen atoms in total. The lowest BCUT2D eigenvalue weighted by Gasteiger charge is -2.47. The summed E-state index contributed by atoms with van der Waals surface area (Å²) in [5.74, 6) is -2.54. The van der Waals surface area contributed by atoms with Gasteiger partial charge in [-0.05, 0) is 52.7 Å². The first kappa shape index (κ1) is 42.2. The zero-order valence-corrected chi connectivity index (χ0v) is 31.6. The topological polar surface area (TPSA) is 173 Å². The Hall–Kier alpha value is -2.25. The summed E-state index contributed by atoms with van der Waals surface area (Å²) in [6.45, 7) is 19.8. The Labute approximate surface area is 298 Å². The number of ether oxygens (including phenoxy) is 3. The molecule has 3 unspecified atom stereocenters. The van der Waals surface area contributed by atoms with Crippen molar-refractivity contribution in [3.8, 4) is 5.75 Å². The van der Waals surface area contributed by atoms with Crippen molar-refractivity contribution in [3.63, 3.8) is 0 Å². The van der Waals surface area contributed by atoms with Gasteiger partial charge in [-0.3, -0.25) is 4.90 Å². The van der Waals surface area contributed by atoms with E-state index in [9.17, 15) is 14.7 Å². The zero-order valence-electron chi connectivity index (χ0n) is 30.6. The zero-order chi connectivity index (χ0) is 36.5. The average molecular weight is 729 g/mol. The predicted octanol–water partition coefficient (Wildman–Crippen LogP) is 2.55. The van der Waals surface area contributed by atoms with Crippen LogP contribution in [-0.2, 0) is 22.8 Å². The molecule has 286 valence electrons. The number of carboxylic acids is 2. The summed E-state index contributed by atoms with van der Waals surface area (Å²) < 4.78 is 35.7. The molecule has 16 heteroatoms. The van der Waals surface area contributed by atoms with E-state index in [0.717, 1.165) is 77.7 Å². The van der Waals surface area contributed by atoms with Gasteiger partial charge in [0.15, 0.2) is 11.4 Å². The van der Waals surface area contributed by atoms with Gasteiger partial charge in [-0.25, -0.2) is 14.6 Å². The summed E-state index contributed by atoms with van der Waals surface area (Å²) in [4.78, 5) is 33.0. The molecule has 50 heavy (non-hydrogen) atoms. The number of aliphatic hydroxyl groups excluding tert-OH is 1. The van der Waals surface area contributed by atoms with E-state index in [1.54, 1.807) is 0 Å². The van der Waals surface area contributed by atoms with Gasteiger partial charge in [0.2, 0.25) is 0 Å². The monoisotopic (exact) mass is 728 g/mol. The van der Waals surface area contributed by atoms with Crippen molar-refractivity contribution < 1.29 is 52.4 Å². The smallest absolute Gasteiger partial charge is 0.491 e. The fourth-order valence-corrected chi connectivity index (χ4v) is 9.46. The minimum absolute atomic E-state index is 0.118. The van der Waals surface area contributed by atoms with Gasteiger partial charge < -0.3 is 52.6 Å².